The summed E-state index contributed by atoms with van der Waals surface area (Å²) in [5.74, 6) is 1.70. The van der Waals surface area contributed by atoms with E-state index in [1.807, 2.05) is 0 Å². The van der Waals surface area contributed by atoms with Gasteiger partial charge < -0.3 is 19.1 Å². The number of rotatable bonds is 8. The van der Waals surface area contributed by atoms with Gasteiger partial charge in [-0.15, -0.1) is 0 Å². The van der Waals surface area contributed by atoms with Crippen molar-refractivity contribution < 1.29 is 23.9 Å². The first-order valence-corrected chi connectivity index (χ1v) is 7.86. The molecule has 1 aliphatic heterocycles. The van der Waals surface area contributed by atoms with Gasteiger partial charge in [0.1, 0.15) is 22.8 Å². The monoisotopic (exact) mass is 308 g/mol. The first-order chi connectivity index (χ1) is 10.7. The highest BCUT2D eigenvalue weighted by atomic mass is 16.5. The smallest absolute Gasteiger partial charge is 0.170 e. The molecule has 1 aromatic rings. The average molecular weight is 308 g/mol. The quantitative estimate of drug-likeness (QED) is 0.737. The van der Waals surface area contributed by atoms with E-state index in [9.17, 15) is 4.79 Å². The number of methoxy groups -OCH3 is 3. The third-order valence-electron chi connectivity index (χ3n) is 4.24. The lowest BCUT2D eigenvalue weighted by Gasteiger charge is -2.15. The van der Waals surface area contributed by atoms with Gasteiger partial charge in [0, 0.05) is 37.8 Å². The third-order valence-corrected chi connectivity index (χ3v) is 4.24. The number of carbonyl (C=O) groups is 1. The number of carbonyl (C=O) groups excluding carboxylic acids is 1. The van der Waals surface area contributed by atoms with Crippen molar-refractivity contribution in [3.63, 3.8) is 0 Å². The molecular formula is C17H26NO4+. The van der Waals surface area contributed by atoms with Crippen LogP contribution in [0.15, 0.2) is 12.1 Å². The van der Waals surface area contributed by atoms with Crippen molar-refractivity contribution in [1.82, 2.24) is 0 Å². The second-order valence-corrected chi connectivity index (χ2v) is 5.64. The van der Waals surface area contributed by atoms with E-state index in [1.54, 1.807) is 38.4 Å². The van der Waals surface area contributed by atoms with Crippen molar-refractivity contribution in [2.45, 2.75) is 25.7 Å². The summed E-state index contributed by atoms with van der Waals surface area (Å²) in [5, 5.41) is 0. The Bertz CT molecular complexity index is 484. The fraction of sp³-hybridized carbons (Fsp3) is 0.588. The van der Waals surface area contributed by atoms with Crippen LogP contribution >= 0.6 is 0 Å². The predicted octanol–water partition coefficient (Wildman–Crippen LogP) is 1.35. The minimum absolute atomic E-state index is 0.0648. The highest BCUT2D eigenvalue weighted by Gasteiger charge is 2.21. The molecule has 0 radical (unpaired) electrons. The lowest BCUT2D eigenvalue weighted by atomic mass is 10.0. The van der Waals surface area contributed by atoms with Crippen LogP contribution < -0.4 is 19.1 Å². The zero-order valence-electron chi connectivity index (χ0n) is 13.7. The number of benzene rings is 1. The van der Waals surface area contributed by atoms with Gasteiger partial charge in [-0.2, -0.15) is 0 Å². The molecule has 2 rings (SSSR count). The minimum atomic E-state index is 0.0648. The van der Waals surface area contributed by atoms with Gasteiger partial charge in [-0.05, 0) is 0 Å². The number of ether oxygens (including phenoxy) is 3. The van der Waals surface area contributed by atoms with Crippen molar-refractivity contribution in [2.75, 3.05) is 41.0 Å². The Kier molecular flexibility index (Phi) is 6.07. The maximum atomic E-state index is 12.6. The Morgan fingerprint density at radius 2 is 1.64 bits per heavy atom. The summed E-state index contributed by atoms with van der Waals surface area (Å²) in [6.45, 7) is 3.54. The lowest BCUT2D eigenvalue weighted by molar-refractivity contribution is -0.887. The van der Waals surface area contributed by atoms with Crippen molar-refractivity contribution in [3.05, 3.63) is 17.7 Å². The molecule has 1 fully saturated rings. The number of nitrogens with one attached hydrogen (secondary N) is 1. The van der Waals surface area contributed by atoms with E-state index in [4.69, 9.17) is 14.2 Å². The van der Waals surface area contributed by atoms with Crippen LogP contribution in [0.3, 0.4) is 0 Å². The van der Waals surface area contributed by atoms with Crippen molar-refractivity contribution in [2.24, 2.45) is 0 Å². The van der Waals surface area contributed by atoms with Gasteiger partial charge in [-0.3, -0.25) is 4.79 Å². The van der Waals surface area contributed by atoms with E-state index in [2.05, 4.69) is 0 Å². The van der Waals surface area contributed by atoms with Crippen LogP contribution in [0, 0.1) is 0 Å². The van der Waals surface area contributed by atoms with Crippen molar-refractivity contribution in [3.8, 4) is 17.2 Å². The molecule has 0 aliphatic carbocycles. The van der Waals surface area contributed by atoms with E-state index in [1.165, 1.54) is 25.9 Å². The summed E-state index contributed by atoms with van der Waals surface area (Å²) in [6, 6.07) is 3.45. The molecule has 0 spiro atoms. The highest BCUT2D eigenvalue weighted by molar-refractivity contribution is 6.01. The van der Waals surface area contributed by atoms with Crippen LogP contribution in [0.2, 0.25) is 0 Å². The Labute approximate surface area is 132 Å². The van der Waals surface area contributed by atoms with Crippen LogP contribution in [0.5, 0.6) is 17.2 Å². The van der Waals surface area contributed by atoms with Gasteiger partial charge in [0.15, 0.2) is 5.78 Å². The zero-order chi connectivity index (χ0) is 15.9. The number of likely N-dealkylation sites (tertiary alicyclic amines) is 1. The summed E-state index contributed by atoms with van der Waals surface area (Å²) < 4.78 is 15.9. The normalized spacial score (nSPS) is 14.9. The summed E-state index contributed by atoms with van der Waals surface area (Å²) in [4.78, 5) is 14.2. The van der Waals surface area contributed by atoms with Gasteiger partial charge in [0.25, 0.3) is 0 Å². The SMILES string of the molecule is COc1cc(OC)c(C(=O)CCC[NH+]2CCCC2)c(OC)c1. The summed E-state index contributed by atoms with van der Waals surface area (Å²) >= 11 is 0. The van der Waals surface area contributed by atoms with Crippen LogP contribution in [0.4, 0.5) is 0 Å². The van der Waals surface area contributed by atoms with E-state index in [-0.39, 0.29) is 5.78 Å². The summed E-state index contributed by atoms with van der Waals surface area (Å²) in [5.41, 5.74) is 0.516. The molecule has 1 heterocycles. The van der Waals surface area contributed by atoms with E-state index < -0.39 is 0 Å². The molecular weight excluding hydrogens is 282 g/mol. The van der Waals surface area contributed by atoms with Crippen molar-refractivity contribution in [1.29, 1.82) is 0 Å². The zero-order valence-corrected chi connectivity index (χ0v) is 13.7. The molecule has 1 saturated heterocycles. The standard InChI is InChI=1S/C17H25NO4/c1-20-13-11-15(21-2)17(16(12-13)22-3)14(19)7-6-10-18-8-4-5-9-18/h11-12H,4-10H2,1-3H3/p+1. The van der Waals surface area contributed by atoms with Crippen LogP contribution in [0.1, 0.15) is 36.0 Å². The molecule has 0 atom stereocenters. The number of Topliss-reactive ketones (excluding diaryl/α,β-unsaturated/α-hetero) is 1. The molecule has 5 nitrogen and oxygen atoms in total. The number of quaternary nitrogens is 1. The second-order valence-electron chi connectivity index (χ2n) is 5.64. The topological polar surface area (TPSA) is 49.2 Å². The maximum absolute atomic E-state index is 12.6. The summed E-state index contributed by atoms with van der Waals surface area (Å²) in [7, 11) is 4.69. The van der Waals surface area contributed by atoms with Crippen LogP contribution in [-0.4, -0.2) is 46.7 Å². The van der Waals surface area contributed by atoms with E-state index in [0.29, 0.717) is 29.2 Å². The predicted molar refractivity (Wildman–Crippen MR) is 84.5 cm³/mol. The molecule has 5 heteroatoms. The molecule has 0 bridgehead atoms. The first kappa shape index (κ1) is 16.6. The second kappa shape index (κ2) is 8.03. The highest BCUT2D eigenvalue weighted by Crippen LogP contribution is 2.35. The Morgan fingerprint density at radius 3 is 2.14 bits per heavy atom. The molecule has 1 aliphatic rings. The molecule has 0 aromatic heterocycles. The lowest BCUT2D eigenvalue weighted by Crippen LogP contribution is -3.10. The van der Waals surface area contributed by atoms with Gasteiger partial charge >= 0.3 is 0 Å². The Morgan fingerprint density at radius 1 is 1.05 bits per heavy atom. The summed E-state index contributed by atoms with van der Waals surface area (Å²) in [6.07, 6.45) is 4.03. The van der Waals surface area contributed by atoms with Gasteiger partial charge in [-0.25, -0.2) is 0 Å². The maximum Gasteiger partial charge on any atom is 0.170 e. The van der Waals surface area contributed by atoms with Gasteiger partial charge in [0.2, 0.25) is 0 Å². The minimum Gasteiger partial charge on any atom is -0.496 e. The molecule has 22 heavy (non-hydrogen) atoms. The number of hydrogen-bond acceptors (Lipinski definition) is 4. The Balaban J connectivity index is 2.06. The first-order valence-electron chi connectivity index (χ1n) is 7.86. The Hall–Kier alpha value is -1.75. The molecule has 1 aromatic carbocycles. The fourth-order valence-corrected chi connectivity index (χ4v) is 3.03. The number of hydrogen-bond donors (Lipinski definition) is 1. The van der Waals surface area contributed by atoms with Crippen molar-refractivity contribution >= 4 is 5.78 Å². The molecule has 0 unspecified atom stereocenters. The molecule has 0 saturated carbocycles. The van der Waals surface area contributed by atoms with Crippen LogP contribution in [-0.2, 0) is 0 Å². The van der Waals surface area contributed by atoms with Crippen LogP contribution in [0.25, 0.3) is 0 Å². The van der Waals surface area contributed by atoms with Gasteiger partial charge in [0.05, 0.1) is 41.0 Å². The van der Waals surface area contributed by atoms with Gasteiger partial charge in [-0.1, -0.05) is 0 Å². The third kappa shape index (κ3) is 3.91. The molecule has 122 valence electrons. The largest absolute Gasteiger partial charge is 0.496 e. The van der Waals surface area contributed by atoms with E-state index >= 15 is 0 Å². The fourth-order valence-electron chi connectivity index (χ4n) is 3.03. The van der Waals surface area contributed by atoms with E-state index in [0.717, 1.165) is 13.0 Å². The molecule has 0 amide bonds. The average Bonchev–Trinajstić information content (AvgIpc) is 3.06. The number of ketones is 1. The molecule has 1 N–H and O–H groups in total.